The molecule has 3 aromatic heterocycles. The molecule has 0 aromatic carbocycles. The third-order valence-corrected chi connectivity index (χ3v) is 7.44. The van der Waals surface area contributed by atoms with Crippen LogP contribution in [0, 0.1) is 0 Å². The van der Waals surface area contributed by atoms with Crippen LogP contribution >= 0.6 is 23.3 Å². The van der Waals surface area contributed by atoms with Crippen LogP contribution in [0.2, 0.25) is 0 Å². The van der Waals surface area contributed by atoms with E-state index in [1.807, 2.05) is 12.1 Å². The van der Waals surface area contributed by atoms with Crippen LogP contribution in [0.3, 0.4) is 0 Å². The van der Waals surface area contributed by atoms with Gasteiger partial charge >= 0.3 is 0 Å². The zero-order chi connectivity index (χ0) is 20.0. The molecule has 154 valence electrons. The molecular weight excluding hydrogens is 414 g/mol. The Kier molecular flexibility index (Phi) is 4.97. The molecule has 2 fully saturated rings. The Bertz CT molecular complexity index is 1020. The van der Waals surface area contributed by atoms with Crippen molar-refractivity contribution < 1.29 is 8.78 Å². The van der Waals surface area contributed by atoms with Gasteiger partial charge in [-0.2, -0.15) is 0 Å². The molecule has 0 radical (unpaired) electrons. The first-order chi connectivity index (χ1) is 14.0. The summed E-state index contributed by atoms with van der Waals surface area (Å²) >= 11 is 2.58. The van der Waals surface area contributed by atoms with Crippen LogP contribution in [-0.2, 0) is 0 Å². The summed E-state index contributed by atoms with van der Waals surface area (Å²) in [5.74, 6) is 0. The molecule has 2 N–H and O–H groups in total. The highest BCUT2D eigenvalue weighted by molar-refractivity contribution is 7.97. The Morgan fingerprint density at radius 1 is 1.24 bits per heavy atom. The molecule has 4 heterocycles. The lowest BCUT2D eigenvalue weighted by atomic mass is 10.2. The monoisotopic (exact) mass is 436 g/mol. The van der Waals surface area contributed by atoms with Crippen LogP contribution in [0.25, 0.3) is 16.2 Å². The fraction of sp³-hybridized carbons (Fsp3) is 0.474. The topological polar surface area (TPSA) is 57.5 Å². The maximum atomic E-state index is 13.0. The summed E-state index contributed by atoms with van der Waals surface area (Å²) in [4.78, 5) is 3.47. The van der Waals surface area contributed by atoms with Crippen molar-refractivity contribution in [2.45, 2.75) is 36.6 Å². The summed E-state index contributed by atoms with van der Waals surface area (Å²) in [5.41, 5.74) is 3.21. The standard InChI is InChI=1S/C19H22F2N6S2/c1-19(4-5-19)25-29-12-10-15(26-8-6-22-7-9-26)13-2-3-14(27(13)11-12)17-23-24-18(28-17)16(20)21/h2-3,10-11,16,22,25H,4-9H2,1H3. The molecule has 3 aromatic rings. The van der Waals surface area contributed by atoms with Crippen molar-refractivity contribution in [1.29, 1.82) is 0 Å². The van der Waals surface area contributed by atoms with E-state index in [4.69, 9.17) is 0 Å². The fourth-order valence-electron chi connectivity index (χ4n) is 3.46. The van der Waals surface area contributed by atoms with Gasteiger partial charge in [-0.05, 0) is 49.9 Å². The van der Waals surface area contributed by atoms with E-state index in [0.717, 1.165) is 59.3 Å². The Balaban J connectivity index is 1.57. The van der Waals surface area contributed by atoms with Crippen LogP contribution in [0.5, 0.6) is 0 Å². The van der Waals surface area contributed by atoms with Crippen molar-refractivity contribution in [2.24, 2.45) is 0 Å². The molecule has 5 rings (SSSR count). The van der Waals surface area contributed by atoms with Gasteiger partial charge in [-0.15, -0.1) is 10.2 Å². The zero-order valence-corrected chi connectivity index (χ0v) is 17.6. The molecule has 1 aliphatic heterocycles. The summed E-state index contributed by atoms with van der Waals surface area (Å²) in [6.45, 7) is 5.99. The molecule has 1 saturated heterocycles. The number of hydrogen-bond donors (Lipinski definition) is 2. The number of alkyl halides is 2. The summed E-state index contributed by atoms with van der Waals surface area (Å²) in [6.07, 6.45) is 1.83. The zero-order valence-electron chi connectivity index (χ0n) is 16.0. The normalized spacial score (nSPS) is 18.7. The van der Waals surface area contributed by atoms with Gasteiger partial charge in [0.15, 0.2) is 10.0 Å². The number of rotatable bonds is 6. The summed E-state index contributed by atoms with van der Waals surface area (Å²) in [7, 11) is 0. The average Bonchev–Trinajstić information content (AvgIpc) is 3.11. The lowest BCUT2D eigenvalue weighted by Gasteiger charge is -2.30. The average molecular weight is 437 g/mol. The van der Waals surface area contributed by atoms with Gasteiger partial charge in [0.25, 0.3) is 6.43 Å². The lowest BCUT2D eigenvalue weighted by Crippen LogP contribution is -2.43. The maximum absolute atomic E-state index is 13.0. The first-order valence-corrected chi connectivity index (χ1v) is 11.3. The van der Waals surface area contributed by atoms with Gasteiger partial charge in [-0.3, -0.25) is 4.72 Å². The van der Waals surface area contributed by atoms with Crippen molar-refractivity contribution in [2.75, 3.05) is 31.1 Å². The molecule has 6 nitrogen and oxygen atoms in total. The highest BCUT2D eigenvalue weighted by atomic mass is 32.2. The summed E-state index contributed by atoms with van der Waals surface area (Å²) in [5, 5.41) is 11.3. The quantitative estimate of drug-likeness (QED) is 0.571. The number of nitrogens with one attached hydrogen (secondary N) is 2. The predicted molar refractivity (Wildman–Crippen MR) is 113 cm³/mol. The predicted octanol–water partition coefficient (Wildman–Crippen LogP) is 3.95. The molecule has 1 aliphatic carbocycles. The lowest BCUT2D eigenvalue weighted by molar-refractivity contribution is 0.150. The smallest absolute Gasteiger partial charge is 0.291 e. The van der Waals surface area contributed by atoms with Gasteiger partial charge in [-0.25, -0.2) is 8.78 Å². The van der Waals surface area contributed by atoms with E-state index in [1.165, 1.54) is 12.8 Å². The third kappa shape index (κ3) is 3.86. The fourth-order valence-corrected chi connectivity index (χ4v) is 5.07. The summed E-state index contributed by atoms with van der Waals surface area (Å²) < 4.78 is 31.6. The van der Waals surface area contributed by atoms with E-state index in [2.05, 4.69) is 48.7 Å². The van der Waals surface area contributed by atoms with Gasteiger partial charge in [0.2, 0.25) is 0 Å². The minimum atomic E-state index is -2.60. The number of piperazine rings is 1. The second-order valence-corrected chi connectivity index (χ2v) is 9.67. The second-order valence-electron chi connectivity index (χ2n) is 7.78. The van der Waals surface area contributed by atoms with Crippen molar-refractivity contribution in [1.82, 2.24) is 24.6 Å². The number of nitrogens with zero attached hydrogens (tertiary/aromatic N) is 4. The highest BCUT2D eigenvalue weighted by Gasteiger charge is 2.37. The van der Waals surface area contributed by atoms with Gasteiger partial charge in [0.1, 0.15) is 0 Å². The molecule has 29 heavy (non-hydrogen) atoms. The molecule has 0 atom stereocenters. The molecule has 0 amide bonds. The largest absolute Gasteiger partial charge is 0.367 e. The Morgan fingerprint density at radius 3 is 2.72 bits per heavy atom. The SMILES string of the molecule is CC1(NSc2cc(N3CCNCC3)c3ccc(-c4nnc(C(F)F)s4)n3c2)CC1. The van der Waals surface area contributed by atoms with Crippen LogP contribution in [0.15, 0.2) is 29.3 Å². The van der Waals surface area contributed by atoms with Crippen molar-refractivity contribution in [3.63, 3.8) is 0 Å². The maximum Gasteiger partial charge on any atom is 0.291 e. The molecule has 0 spiro atoms. The highest BCUT2D eigenvalue weighted by Crippen LogP contribution is 2.39. The molecule has 2 aliphatic rings. The molecular formula is C19H22F2N6S2. The molecule has 0 bridgehead atoms. The Morgan fingerprint density at radius 2 is 2.03 bits per heavy atom. The minimum Gasteiger partial charge on any atom is -0.367 e. The van der Waals surface area contributed by atoms with E-state index in [1.54, 1.807) is 11.9 Å². The van der Waals surface area contributed by atoms with E-state index >= 15 is 0 Å². The number of aromatic nitrogens is 3. The minimum absolute atomic E-state index is 0.208. The van der Waals surface area contributed by atoms with Gasteiger partial charge in [0.05, 0.1) is 16.9 Å². The Hall–Kier alpha value is -1.75. The van der Waals surface area contributed by atoms with Crippen molar-refractivity contribution >= 4 is 34.5 Å². The van der Waals surface area contributed by atoms with Crippen LogP contribution in [0.1, 0.15) is 31.2 Å². The van der Waals surface area contributed by atoms with E-state index in [-0.39, 0.29) is 10.5 Å². The van der Waals surface area contributed by atoms with Gasteiger partial charge < -0.3 is 14.6 Å². The first kappa shape index (κ1) is 19.2. The van der Waals surface area contributed by atoms with Crippen LogP contribution < -0.4 is 14.9 Å². The molecule has 0 unspecified atom stereocenters. The van der Waals surface area contributed by atoms with Gasteiger partial charge in [-0.1, -0.05) is 11.3 Å². The third-order valence-electron chi connectivity index (χ3n) is 5.44. The number of halogens is 2. The molecule has 1 saturated carbocycles. The van der Waals surface area contributed by atoms with E-state index in [0.29, 0.717) is 5.01 Å². The van der Waals surface area contributed by atoms with Gasteiger partial charge in [0, 0.05) is 42.8 Å². The van der Waals surface area contributed by atoms with Crippen LogP contribution in [0.4, 0.5) is 14.5 Å². The number of pyridine rings is 1. The van der Waals surface area contributed by atoms with E-state index < -0.39 is 6.43 Å². The van der Waals surface area contributed by atoms with Crippen molar-refractivity contribution in [3.05, 3.63) is 29.4 Å². The summed E-state index contributed by atoms with van der Waals surface area (Å²) in [6, 6.07) is 6.21. The number of hydrogen-bond acceptors (Lipinski definition) is 7. The van der Waals surface area contributed by atoms with E-state index in [9.17, 15) is 8.78 Å². The first-order valence-electron chi connectivity index (χ1n) is 9.69. The van der Waals surface area contributed by atoms with Crippen molar-refractivity contribution in [3.8, 4) is 10.7 Å². The number of anilines is 1. The second kappa shape index (κ2) is 7.50. The van der Waals surface area contributed by atoms with Crippen LogP contribution in [-0.4, -0.2) is 46.3 Å². The Labute approximate surface area is 175 Å². The molecule has 10 heteroatoms. The number of fused-ring (bicyclic) bond motifs is 1.